The van der Waals surface area contributed by atoms with Gasteiger partial charge in [-0.05, 0) is 50.2 Å². The average Bonchev–Trinajstić information content (AvgIpc) is 3.00. The van der Waals surface area contributed by atoms with Crippen LogP contribution in [0.2, 0.25) is 0 Å². The van der Waals surface area contributed by atoms with E-state index < -0.39 is 0 Å². The van der Waals surface area contributed by atoms with E-state index in [-0.39, 0.29) is 11.9 Å². The Morgan fingerprint density at radius 1 is 1.17 bits per heavy atom. The predicted octanol–water partition coefficient (Wildman–Crippen LogP) is 4.32. The molecule has 1 N–H and O–H groups in total. The van der Waals surface area contributed by atoms with Crippen LogP contribution in [0.3, 0.4) is 0 Å². The molecule has 4 nitrogen and oxygen atoms in total. The van der Waals surface area contributed by atoms with Crippen LogP contribution in [0.5, 0.6) is 5.75 Å². The first kappa shape index (κ1) is 15.2. The summed E-state index contributed by atoms with van der Waals surface area (Å²) in [5.74, 6) is 1.36. The number of fused-ring (bicyclic) bond motifs is 1. The Bertz CT molecular complexity index is 772. The van der Waals surface area contributed by atoms with Gasteiger partial charge in [0.15, 0.2) is 0 Å². The molecular formula is C19H19NO3. The van der Waals surface area contributed by atoms with Gasteiger partial charge in [0.2, 0.25) is 0 Å². The van der Waals surface area contributed by atoms with E-state index in [1.54, 1.807) is 24.3 Å². The quantitative estimate of drug-likeness (QED) is 0.763. The van der Waals surface area contributed by atoms with Crippen LogP contribution in [0.25, 0.3) is 11.0 Å². The maximum Gasteiger partial charge on any atom is 0.251 e. The minimum absolute atomic E-state index is 0.138. The number of nitrogens with one attached hydrogen (secondary N) is 1. The van der Waals surface area contributed by atoms with Crippen molar-refractivity contribution in [3.63, 3.8) is 0 Å². The van der Waals surface area contributed by atoms with Crippen molar-refractivity contribution >= 4 is 16.9 Å². The molecule has 1 amide bonds. The molecule has 0 saturated heterocycles. The van der Waals surface area contributed by atoms with Crippen LogP contribution in [0, 0.1) is 0 Å². The Labute approximate surface area is 135 Å². The van der Waals surface area contributed by atoms with E-state index >= 15 is 0 Å². The van der Waals surface area contributed by atoms with Crippen LogP contribution in [0.1, 0.15) is 36.0 Å². The number of furan rings is 1. The van der Waals surface area contributed by atoms with Crippen LogP contribution in [0.15, 0.2) is 59.0 Å². The third kappa shape index (κ3) is 3.37. The molecule has 0 unspecified atom stereocenters. The van der Waals surface area contributed by atoms with Gasteiger partial charge < -0.3 is 14.5 Å². The van der Waals surface area contributed by atoms with E-state index in [0.717, 1.165) is 22.5 Å². The van der Waals surface area contributed by atoms with Gasteiger partial charge in [-0.3, -0.25) is 4.79 Å². The number of benzene rings is 2. The van der Waals surface area contributed by atoms with Gasteiger partial charge in [-0.15, -0.1) is 0 Å². The molecule has 0 bridgehead atoms. The maximum atomic E-state index is 12.3. The average molecular weight is 309 g/mol. The molecule has 3 aromatic rings. The lowest BCUT2D eigenvalue weighted by molar-refractivity contribution is 0.0935. The summed E-state index contributed by atoms with van der Waals surface area (Å²) in [5, 5.41) is 3.98. The Morgan fingerprint density at radius 2 is 1.91 bits per heavy atom. The van der Waals surface area contributed by atoms with Crippen LogP contribution in [-0.2, 0) is 0 Å². The number of rotatable bonds is 5. The molecule has 0 aliphatic heterocycles. The fraction of sp³-hybridized carbons (Fsp3) is 0.211. The number of hydrogen-bond donors (Lipinski definition) is 1. The smallest absolute Gasteiger partial charge is 0.251 e. The Hall–Kier alpha value is -2.75. The molecule has 0 aliphatic rings. The first-order valence-corrected chi connectivity index (χ1v) is 7.69. The number of hydrogen-bond acceptors (Lipinski definition) is 3. The highest BCUT2D eigenvalue weighted by molar-refractivity contribution is 5.94. The summed E-state index contributed by atoms with van der Waals surface area (Å²) < 4.78 is 11.2. The Kier molecular flexibility index (Phi) is 4.33. The van der Waals surface area contributed by atoms with E-state index in [0.29, 0.717) is 12.2 Å². The standard InChI is InChI=1S/C19H19NO3/c1-3-22-16-10-8-14(9-11-16)19(21)20-13(2)18-12-15-6-4-5-7-17(15)23-18/h4-13H,3H2,1-2H3,(H,20,21)/t13-/m1/s1. The van der Waals surface area contributed by atoms with Gasteiger partial charge in [0.1, 0.15) is 17.1 Å². The number of amides is 1. The van der Waals surface area contributed by atoms with E-state index in [1.807, 2.05) is 44.2 Å². The van der Waals surface area contributed by atoms with Crippen molar-refractivity contribution in [1.29, 1.82) is 0 Å². The maximum absolute atomic E-state index is 12.3. The minimum Gasteiger partial charge on any atom is -0.494 e. The topological polar surface area (TPSA) is 51.5 Å². The highest BCUT2D eigenvalue weighted by atomic mass is 16.5. The Balaban J connectivity index is 1.71. The summed E-state index contributed by atoms with van der Waals surface area (Å²) in [6.45, 7) is 4.44. The zero-order valence-electron chi connectivity index (χ0n) is 13.2. The molecule has 1 heterocycles. The van der Waals surface area contributed by atoms with Gasteiger partial charge in [0, 0.05) is 10.9 Å². The molecular weight excluding hydrogens is 290 g/mol. The van der Waals surface area contributed by atoms with Crippen molar-refractivity contribution in [3.8, 4) is 5.75 Å². The fourth-order valence-corrected chi connectivity index (χ4v) is 2.44. The second-order valence-electron chi connectivity index (χ2n) is 5.34. The number of para-hydroxylation sites is 1. The minimum atomic E-state index is -0.207. The number of carbonyl (C=O) groups is 1. The van der Waals surface area contributed by atoms with Crippen LogP contribution >= 0.6 is 0 Å². The summed E-state index contributed by atoms with van der Waals surface area (Å²) >= 11 is 0. The molecule has 118 valence electrons. The van der Waals surface area contributed by atoms with E-state index in [4.69, 9.17) is 9.15 Å². The summed E-state index contributed by atoms with van der Waals surface area (Å²) in [6.07, 6.45) is 0. The molecule has 0 aliphatic carbocycles. The van der Waals surface area contributed by atoms with E-state index in [9.17, 15) is 4.79 Å². The monoisotopic (exact) mass is 309 g/mol. The third-order valence-electron chi connectivity index (χ3n) is 3.65. The van der Waals surface area contributed by atoms with Crippen molar-refractivity contribution in [1.82, 2.24) is 5.32 Å². The third-order valence-corrected chi connectivity index (χ3v) is 3.65. The van der Waals surface area contributed by atoms with Gasteiger partial charge in [0.05, 0.1) is 12.6 Å². The van der Waals surface area contributed by atoms with Gasteiger partial charge in [-0.25, -0.2) is 0 Å². The summed E-state index contributed by atoms with van der Waals surface area (Å²) in [5.41, 5.74) is 1.42. The molecule has 1 atom stereocenters. The zero-order chi connectivity index (χ0) is 16.2. The number of ether oxygens (including phenoxy) is 1. The molecule has 0 spiro atoms. The molecule has 0 radical (unpaired) electrons. The van der Waals surface area contributed by atoms with Crippen LogP contribution in [-0.4, -0.2) is 12.5 Å². The largest absolute Gasteiger partial charge is 0.494 e. The lowest BCUT2D eigenvalue weighted by Gasteiger charge is -2.11. The molecule has 0 saturated carbocycles. The Morgan fingerprint density at radius 3 is 2.61 bits per heavy atom. The van der Waals surface area contributed by atoms with Gasteiger partial charge in [-0.2, -0.15) is 0 Å². The van der Waals surface area contributed by atoms with Gasteiger partial charge >= 0.3 is 0 Å². The summed E-state index contributed by atoms with van der Waals surface area (Å²) in [6, 6.07) is 16.7. The fourth-order valence-electron chi connectivity index (χ4n) is 2.44. The van der Waals surface area contributed by atoms with E-state index in [1.165, 1.54) is 0 Å². The first-order valence-electron chi connectivity index (χ1n) is 7.69. The molecule has 2 aromatic carbocycles. The van der Waals surface area contributed by atoms with Crippen molar-refractivity contribution in [2.24, 2.45) is 0 Å². The number of carbonyl (C=O) groups excluding carboxylic acids is 1. The summed E-state index contributed by atoms with van der Waals surface area (Å²) in [7, 11) is 0. The lowest BCUT2D eigenvalue weighted by atomic mass is 10.1. The van der Waals surface area contributed by atoms with Crippen LogP contribution < -0.4 is 10.1 Å². The predicted molar refractivity (Wildman–Crippen MR) is 89.7 cm³/mol. The first-order chi connectivity index (χ1) is 11.2. The zero-order valence-corrected chi connectivity index (χ0v) is 13.2. The van der Waals surface area contributed by atoms with Crippen molar-refractivity contribution < 1.29 is 13.9 Å². The highest BCUT2D eigenvalue weighted by Gasteiger charge is 2.15. The van der Waals surface area contributed by atoms with E-state index in [2.05, 4.69) is 5.32 Å². The van der Waals surface area contributed by atoms with Crippen LogP contribution in [0.4, 0.5) is 0 Å². The second-order valence-corrected chi connectivity index (χ2v) is 5.34. The van der Waals surface area contributed by atoms with Crippen molar-refractivity contribution in [2.45, 2.75) is 19.9 Å². The normalized spacial score (nSPS) is 12.1. The SMILES string of the molecule is CCOc1ccc(C(=O)N[C@H](C)c2cc3ccccc3o2)cc1. The van der Waals surface area contributed by atoms with Gasteiger partial charge in [-0.1, -0.05) is 18.2 Å². The molecule has 0 fully saturated rings. The summed E-state index contributed by atoms with van der Waals surface area (Å²) in [4.78, 5) is 12.3. The van der Waals surface area contributed by atoms with Crippen molar-refractivity contribution in [3.05, 3.63) is 65.9 Å². The van der Waals surface area contributed by atoms with Gasteiger partial charge in [0.25, 0.3) is 5.91 Å². The molecule has 4 heteroatoms. The van der Waals surface area contributed by atoms with Crippen molar-refractivity contribution in [2.75, 3.05) is 6.61 Å². The molecule has 1 aromatic heterocycles. The highest BCUT2D eigenvalue weighted by Crippen LogP contribution is 2.24. The molecule has 3 rings (SSSR count). The lowest BCUT2D eigenvalue weighted by Crippen LogP contribution is -2.26. The molecule has 23 heavy (non-hydrogen) atoms. The second kappa shape index (κ2) is 6.57.